The molecule has 2 atom stereocenters. The van der Waals surface area contributed by atoms with E-state index in [9.17, 15) is 0 Å². The minimum atomic E-state index is -0.127. The molecule has 0 aliphatic heterocycles. The number of hydrogen-bond acceptors (Lipinski definition) is 4. The van der Waals surface area contributed by atoms with Crippen molar-refractivity contribution < 1.29 is 9.63 Å². The molecular formula is C15H22N2O2. The standard InChI is InChI=1S/C15H22N2O2/c1-13-3-10-4-14(2,7-13)9-15(5-10,8-13)12-16-11(6-18)17-19-12/h10,18H,3-9H2,1-2H3. The van der Waals surface area contributed by atoms with Crippen LogP contribution in [0.1, 0.15) is 64.1 Å². The average Bonchev–Trinajstić information content (AvgIpc) is 2.72. The zero-order valence-electron chi connectivity index (χ0n) is 11.8. The molecule has 4 nitrogen and oxygen atoms in total. The van der Waals surface area contributed by atoms with Gasteiger partial charge in [-0.15, -0.1) is 0 Å². The zero-order valence-corrected chi connectivity index (χ0v) is 11.8. The van der Waals surface area contributed by atoms with E-state index in [4.69, 9.17) is 9.63 Å². The maximum absolute atomic E-state index is 9.15. The molecule has 2 unspecified atom stereocenters. The van der Waals surface area contributed by atoms with E-state index < -0.39 is 0 Å². The summed E-state index contributed by atoms with van der Waals surface area (Å²) in [5, 5.41) is 13.1. The Balaban J connectivity index is 1.78. The van der Waals surface area contributed by atoms with Crippen LogP contribution < -0.4 is 0 Å². The Morgan fingerprint density at radius 1 is 1.16 bits per heavy atom. The van der Waals surface area contributed by atoms with Crippen LogP contribution in [0.2, 0.25) is 0 Å². The summed E-state index contributed by atoms with van der Waals surface area (Å²) in [5.41, 5.74) is 0.980. The summed E-state index contributed by atoms with van der Waals surface area (Å²) in [6.07, 6.45) is 7.64. The molecule has 1 aromatic heterocycles. The van der Waals surface area contributed by atoms with Gasteiger partial charge in [0.2, 0.25) is 5.89 Å². The molecule has 1 aromatic rings. The molecule has 0 radical (unpaired) electrons. The van der Waals surface area contributed by atoms with E-state index >= 15 is 0 Å². The van der Waals surface area contributed by atoms with Crippen molar-refractivity contribution in [1.82, 2.24) is 10.1 Å². The summed E-state index contributed by atoms with van der Waals surface area (Å²) < 4.78 is 5.51. The van der Waals surface area contributed by atoms with Crippen molar-refractivity contribution in [3.8, 4) is 0 Å². The molecule has 5 rings (SSSR count). The molecule has 4 fully saturated rings. The van der Waals surface area contributed by atoms with Crippen LogP contribution in [0.4, 0.5) is 0 Å². The van der Waals surface area contributed by atoms with Gasteiger partial charge in [0.25, 0.3) is 0 Å². The first-order valence-corrected chi connectivity index (χ1v) is 7.38. The molecule has 0 spiro atoms. The summed E-state index contributed by atoms with van der Waals surface area (Å²) in [5.74, 6) is 2.04. The van der Waals surface area contributed by atoms with Crippen molar-refractivity contribution in [2.45, 2.75) is 64.4 Å². The van der Waals surface area contributed by atoms with E-state index in [1.165, 1.54) is 38.5 Å². The molecule has 0 amide bonds. The predicted octanol–water partition coefficient (Wildman–Crippen LogP) is 2.81. The van der Waals surface area contributed by atoms with Crippen LogP contribution in [0.5, 0.6) is 0 Å². The fraction of sp³-hybridized carbons (Fsp3) is 0.867. The number of hydrogen-bond donors (Lipinski definition) is 1. The van der Waals surface area contributed by atoms with Gasteiger partial charge in [-0.3, -0.25) is 0 Å². The van der Waals surface area contributed by atoms with Gasteiger partial charge >= 0.3 is 0 Å². The molecule has 4 aliphatic carbocycles. The molecule has 1 N–H and O–H groups in total. The van der Waals surface area contributed by atoms with Crippen LogP contribution in [-0.2, 0) is 12.0 Å². The second-order valence-electron chi connectivity index (χ2n) is 8.08. The zero-order chi connectivity index (χ0) is 13.3. The van der Waals surface area contributed by atoms with Crippen LogP contribution >= 0.6 is 0 Å². The summed E-state index contributed by atoms with van der Waals surface area (Å²) in [7, 11) is 0. The Labute approximate surface area is 113 Å². The third kappa shape index (κ3) is 1.62. The second kappa shape index (κ2) is 3.40. The largest absolute Gasteiger partial charge is 0.388 e. The fourth-order valence-corrected chi connectivity index (χ4v) is 6.22. The smallest absolute Gasteiger partial charge is 0.233 e. The highest BCUT2D eigenvalue weighted by Crippen LogP contribution is 2.69. The molecule has 4 heteroatoms. The molecule has 1 heterocycles. The minimum Gasteiger partial charge on any atom is -0.388 e. The van der Waals surface area contributed by atoms with Gasteiger partial charge in [0.05, 0.1) is 5.41 Å². The molecule has 0 saturated heterocycles. The molecule has 4 aliphatic rings. The van der Waals surface area contributed by atoms with E-state index in [-0.39, 0.29) is 12.0 Å². The molecule has 104 valence electrons. The number of nitrogens with zero attached hydrogens (tertiary/aromatic N) is 2. The highest BCUT2D eigenvalue weighted by atomic mass is 16.5. The Hall–Kier alpha value is -0.900. The Morgan fingerprint density at radius 2 is 1.84 bits per heavy atom. The lowest BCUT2D eigenvalue weighted by Gasteiger charge is -2.64. The lowest BCUT2D eigenvalue weighted by Crippen LogP contribution is -2.57. The summed E-state index contributed by atoms with van der Waals surface area (Å²) in [6.45, 7) is 4.75. The van der Waals surface area contributed by atoms with Gasteiger partial charge in [0.15, 0.2) is 5.82 Å². The first kappa shape index (κ1) is 11.9. The number of aliphatic hydroxyl groups excluding tert-OH is 1. The van der Waals surface area contributed by atoms with Crippen molar-refractivity contribution in [1.29, 1.82) is 0 Å². The van der Waals surface area contributed by atoms with Crippen LogP contribution in [0, 0.1) is 16.7 Å². The van der Waals surface area contributed by atoms with Crippen LogP contribution in [0.3, 0.4) is 0 Å². The molecule has 4 saturated carbocycles. The van der Waals surface area contributed by atoms with E-state index in [0.29, 0.717) is 16.7 Å². The number of aliphatic hydroxyl groups is 1. The van der Waals surface area contributed by atoms with Gasteiger partial charge in [0.1, 0.15) is 6.61 Å². The minimum absolute atomic E-state index is 0.0866. The van der Waals surface area contributed by atoms with Gasteiger partial charge in [-0.2, -0.15) is 4.98 Å². The lowest BCUT2D eigenvalue weighted by molar-refractivity contribution is -0.118. The monoisotopic (exact) mass is 262 g/mol. The summed E-state index contributed by atoms with van der Waals surface area (Å²) in [6, 6.07) is 0. The number of aromatic nitrogens is 2. The second-order valence-corrected chi connectivity index (χ2v) is 8.08. The van der Waals surface area contributed by atoms with Crippen molar-refractivity contribution in [3.05, 3.63) is 11.7 Å². The van der Waals surface area contributed by atoms with Crippen molar-refractivity contribution in [2.75, 3.05) is 0 Å². The van der Waals surface area contributed by atoms with Gasteiger partial charge < -0.3 is 9.63 Å². The van der Waals surface area contributed by atoms with Gasteiger partial charge in [-0.1, -0.05) is 19.0 Å². The van der Waals surface area contributed by atoms with Crippen LogP contribution in [0.25, 0.3) is 0 Å². The lowest BCUT2D eigenvalue weighted by atomic mass is 9.40. The Morgan fingerprint density at radius 3 is 2.37 bits per heavy atom. The van der Waals surface area contributed by atoms with Gasteiger partial charge in [-0.05, 0) is 55.3 Å². The first-order chi connectivity index (χ1) is 8.94. The SMILES string of the molecule is CC12CC3CC(C)(C1)CC(c1nc(CO)no1)(C3)C2. The van der Waals surface area contributed by atoms with Crippen molar-refractivity contribution in [2.24, 2.45) is 16.7 Å². The van der Waals surface area contributed by atoms with Gasteiger partial charge in [-0.25, -0.2) is 0 Å². The topological polar surface area (TPSA) is 59.2 Å². The normalized spacial score (nSPS) is 47.8. The van der Waals surface area contributed by atoms with Crippen LogP contribution in [-0.4, -0.2) is 15.2 Å². The number of rotatable bonds is 2. The van der Waals surface area contributed by atoms with Crippen molar-refractivity contribution >= 4 is 0 Å². The molecular weight excluding hydrogens is 240 g/mol. The molecule has 19 heavy (non-hydrogen) atoms. The van der Waals surface area contributed by atoms with E-state index in [1.54, 1.807) is 0 Å². The van der Waals surface area contributed by atoms with Crippen LogP contribution in [0.15, 0.2) is 4.52 Å². The fourth-order valence-electron chi connectivity index (χ4n) is 6.22. The summed E-state index contributed by atoms with van der Waals surface area (Å²) in [4.78, 5) is 4.45. The van der Waals surface area contributed by atoms with E-state index in [0.717, 1.165) is 11.8 Å². The maximum atomic E-state index is 9.15. The third-order valence-corrected chi connectivity index (χ3v) is 5.69. The van der Waals surface area contributed by atoms with Gasteiger partial charge in [0, 0.05) is 0 Å². The Kier molecular flexibility index (Phi) is 2.13. The molecule has 4 bridgehead atoms. The first-order valence-electron chi connectivity index (χ1n) is 7.38. The quantitative estimate of drug-likeness (QED) is 0.890. The van der Waals surface area contributed by atoms with E-state index in [1.807, 2.05) is 0 Å². The van der Waals surface area contributed by atoms with E-state index in [2.05, 4.69) is 24.0 Å². The Bertz CT molecular complexity index is 506. The maximum Gasteiger partial charge on any atom is 0.233 e. The average molecular weight is 262 g/mol. The summed E-state index contributed by atoms with van der Waals surface area (Å²) >= 11 is 0. The third-order valence-electron chi connectivity index (χ3n) is 5.69. The molecule has 0 aromatic carbocycles. The highest BCUT2D eigenvalue weighted by Gasteiger charge is 2.62. The predicted molar refractivity (Wildman–Crippen MR) is 69.3 cm³/mol. The highest BCUT2D eigenvalue weighted by molar-refractivity contribution is 5.20. The van der Waals surface area contributed by atoms with Crippen molar-refractivity contribution in [3.63, 3.8) is 0 Å².